The van der Waals surface area contributed by atoms with Crippen LogP contribution in [0.15, 0.2) is 24.3 Å². The molecule has 0 bridgehead atoms. The fraction of sp³-hybridized carbons (Fsp3) is 0.500. The van der Waals surface area contributed by atoms with Crippen LogP contribution in [0, 0.1) is 0 Å². The predicted octanol–water partition coefficient (Wildman–Crippen LogP) is 2.67. The SMILES string of the molecule is CCCCc1ccc(CCOCC(=O)O)cc1. The second-order valence-corrected chi connectivity index (χ2v) is 4.12. The largest absolute Gasteiger partial charge is 0.480 e. The van der Waals surface area contributed by atoms with Gasteiger partial charge in [0.15, 0.2) is 0 Å². The van der Waals surface area contributed by atoms with Crippen molar-refractivity contribution in [2.24, 2.45) is 0 Å². The highest BCUT2D eigenvalue weighted by molar-refractivity contribution is 5.67. The normalized spacial score (nSPS) is 10.4. The van der Waals surface area contributed by atoms with E-state index in [1.165, 1.54) is 24.0 Å². The number of rotatable bonds is 8. The molecular formula is C14H20O3. The molecule has 17 heavy (non-hydrogen) atoms. The average Bonchev–Trinajstić information content (AvgIpc) is 2.33. The summed E-state index contributed by atoms with van der Waals surface area (Å²) in [5, 5.41) is 8.40. The lowest BCUT2D eigenvalue weighted by atomic mass is 10.1. The molecule has 1 aromatic rings. The Morgan fingerprint density at radius 1 is 1.18 bits per heavy atom. The van der Waals surface area contributed by atoms with Crippen LogP contribution in [0.3, 0.4) is 0 Å². The Bertz CT molecular complexity index is 330. The van der Waals surface area contributed by atoms with Crippen LogP contribution in [0.4, 0.5) is 0 Å². The highest BCUT2D eigenvalue weighted by Crippen LogP contribution is 2.08. The molecule has 1 N–H and O–H groups in total. The maximum Gasteiger partial charge on any atom is 0.329 e. The third kappa shape index (κ3) is 6.07. The topological polar surface area (TPSA) is 46.5 Å². The van der Waals surface area contributed by atoms with E-state index in [1.54, 1.807) is 0 Å². The molecule has 0 amide bonds. The zero-order chi connectivity index (χ0) is 12.5. The first-order valence-corrected chi connectivity index (χ1v) is 6.09. The molecule has 0 unspecified atom stereocenters. The van der Waals surface area contributed by atoms with E-state index in [0.29, 0.717) is 6.61 Å². The molecule has 94 valence electrons. The summed E-state index contributed by atoms with van der Waals surface area (Å²) in [6.45, 7) is 2.43. The van der Waals surface area contributed by atoms with Gasteiger partial charge in [0, 0.05) is 0 Å². The monoisotopic (exact) mass is 236 g/mol. The average molecular weight is 236 g/mol. The molecule has 0 aliphatic rings. The Labute approximate surface area is 102 Å². The van der Waals surface area contributed by atoms with E-state index in [2.05, 4.69) is 31.2 Å². The van der Waals surface area contributed by atoms with Gasteiger partial charge >= 0.3 is 5.97 Å². The van der Waals surface area contributed by atoms with E-state index in [4.69, 9.17) is 9.84 Å². The van der Waals surface area contributed by atoms with Gasteiger partial charge in [0.1, 0.15) is 6.61 Å². The molecule has 0 saturated heterocycles. The maximum atomic E-state index is 10.2. The molecule has 0 aliphatic carbocycles. The minimum absolute atomic E-state index is 0.214. The summed E-state index contributed by atoms with van der Waals surface area (Å²) in [6, 6.07) is 8.47. The molecule has 1 aromatic carbocycles. The van der Waals surface area contributed by atoms with Gasteiger partial charge < -0.3 is 9.84 Å². The minimum atomic E-state index is -0.917. The lowest BCUT2D eigenvalue weighted by Gasteiger charge is -2.04. The molecule has 0 atom stereocenters. The van der Waals surface area contributed by atoms with Gasteiger partial charge in [0.25, 0.3) is 0 Å². The molecule has 1 rings (SSSR count). The van der Waals surface area contributed by atoms with Crippen molar-refractivity contribution in [2.75, 3.05) is 13.2 Å². The Kier molecular flexibility index (Phi) is 6.33. The van der Waals surface area contributed by atoms with Crippen LogP contribution in [-0.2, 0) is 22.4 Å². The Morgan fingerprint density at radius 3 is 2.29 bits per heavy atom. The van der Waals surface area contributed by atoms with Crippen molar-refractivity contribution >= 4 is 5.97 Å². The van der Waals surface area contributed by atoms with Crippen LogP contribution < -0.4 is 0 Å². The number of benzene rings is 1. The first kappa shape index (κ1) is 13.7. The fourth-order valence-electron chi connectivity index (χ4n) is 1.60. The first-order valence-electron chi connectivity index (χ1n) is 6.09. The number of ether oxygens (including phenoxy) is 1. The molecule has 3 nitrogen and oxygen atoms in total. The van der Waals surface area contributed by atoms with Crippen molar-refractivity contribution in [1.82, 2.24) is 0 Å². The summed E-state index contributed by atoms with van der Waals surface area (Å²) in [7, 11) is 0. The smallest absolute Gasteiger partial charge is 0.329 e. The predicted molar refractivity (Wildman–Crippen MR) is 67.2 cm³/mol. The van der Waals surface area contributed by atoms with Gasteiger partial charge in [-0.1, -0.05) is 37.6 Å². The summed E-state index contributed by atoms with van der Waals surface area (Å²) in [5.74, 6) is -0.917. The van der Waals surface area contributed by atoms with Gasteiger partial charge in [-0.15, -0.1) is 0 Å². The molecule has 0 radical (unpaired) electrons. The van der Waals surface area contributed by atoms with Crippen LogP contribution in [0.2, 0.25) is 0 Å². The van der Waals surface area contributed by atoms with Crippen molar-refractivity contribution in [3.63, 3.8) is 0 Å². The summed E-state index contributed by atoms with van der Waals surface area (Å²) < 4.78 is 4.99. The van der Waals surface area contributed by atoms with E-state index in [-0.39, 0.29) is 6.61 Å². The molecule has 0 aromatic heterocycles. The van der Waals surface area contributed by atoms with Crippen molar-refractivity contribution in [1.29, 1.82) is 0 Å². The van der Waals surface area contributed by atoms with E-state index < -0.39 is 5.97 Å². The van der Waals surface area contributed by atoms with Gasteiger partial charge in [-0.25, -0.2) is 4.79 Å². The number of carboxylic acids is 1. The van der Waals surface area contributed by atoms with Crippen LogP contribution in [-0.4, -0.2) is 24.3 Å². The third-order valence-corrected chi connectivity index (χ3v) is 2.60. The van der Waals surface area contributed by atoms with Crippen LogP contribution >= 0.6 is 0 Å². The Morgan fingerprint density at radius 2 is 1.76 bits per heavy atom. The fourth-order valence-corrected chi connectivity index (χ4v) is 1.60. The summed E-state index contributed by atoms with van der Waals surface area (Å²) in [5.41, 5.74) is 2.55. The van der Waals surface area contributed by atoms with Crippen LogP contribution in [0.25, 0.3) is 0 Å². The zero-order valence-corrected chi connectivity index (χ0v) is 10.3. The van der Waals surface area contributed by atoms with Gasteiger partial charge in [-0.05, 0) is 30.4 Å². The van der Waals surface area contributed by atoms with E-state index in [0.717, 1.165) is 12.8 Å². The summed E-state index contributed by atoms with van der Waals surface area (Å²) in [6.07, 6.45) is 4.33. The number of unbranched alkanes of at least 4 members (excludes halogenated alkanes) is 1. The summed E-state index contributed by atoms with van der Waals surface area (Å²) >= 11 is 0. The zero-order valence-electron chi connectivity index (χ0n) is 10.3. The van der Waals surface area contributed by atoms with Crippen molar-refractivity contribution < 1.29 is 14.6 Å². The molecule has 0 spiro atoms. The van der Waals surface area contributed by atoms with E-state index >= 15 is 0 Å². The van der Waals surface area contributed by atoms with Crippen molar-refractivity contribution in [3.05, 3.63) is 35.4 Å². The maximum absolute atomic E-state index is 10.2. The Hall–Kier alpha value is -1.35. The molecular weight excluding hydrogens is 216 g/mol. The Balaban J connectivity index is 2.27. The van der Waals surface area contributed by atoms with E-state index in [9.17, 15) is 4.79 Å². The molecule has 0 fully saturated rings. The van der Waals surface area contributed by atoms with Crippen molar-refractivity contribution in [2.45, 2.75) is 32.6 Å². The lowest BCUT2D eigenvalue weighted by Crippen LogP contribution is -2.09. The van der Waals surface area contributed by atoms with E-state index in [1.807, 2.05) is 0 Å². The number of hydrogen-bond donors (Lipinski definition) is 1. The summed E-state index contributed by atoms with van der Waals surface area (Å²) in [4.78, 5) is 10.2. The highest BCUT2D eigenvalue weighted by atomic mass is 16.5. The molecule has 0 saturated carbocycles. The number of aliphatic carboxylic acids is 1. The number of aryl methyl sites for hydroxylation is 1. The number of carbonyl (C=O) groups is 1. The van der Waals surface area contributed by atoms with Gasteiger partial charge in [0.2, 0.25) is 0 Å². The van der Waals surface area contributed by atoms with Gasteiger partial charge in [-0.2, -0.15) is 0 Å². The highest BCUT2D eigenvalue weighted by Gasteiger charge is 1.98. The molecule has 0 heterocycles. The van der Waals surface area contributed by atoms with Crippen LogP contribution in [0.5, 0.6) is 0 Å². The third-order valence-electron chi connectivity index (χ3n) is 2.60. The standard InChI is InChI=1S/C14H20O3/c1-2-3-4-12-5-7-13(8-6-12)9-10-17-11-14(15)16/h5-8H,2-4,9-11H2,1H3,(H,15,16). The number of hydrogen-bond acceptors (Lipinski definition) is 2. The number of carboxylic acid groups (broad SMARTS) is 1. The molecule has 3 heteroatoms. The second kappa shape index (κ2) is 7.85. The second-order valence-electron chi connectivity index (χ2n) is 4.12. The van der Waals surface area contributed by atoms with Crippen LogP contribution in [0.1, 0.15) is 30.9 Å². The first-order chi connectivity index (χ1) is 8.22. The molecule has 0 aliphatic heterocycles. The lowest BCUT2D eigenvalue weighted by molar-refractivity contribution is -0.142. The minimum Gasteiger partial charge on any atom is -0.480 e. The van der Waals surface area contributed by atoms with Gasteiger partial charge in [-0.3, -0.25) is 0 Å². The van der Waals surface area contributed by atoms with Crippen molar-refractivity contribution in [3.8, 4) is 0 Å². The van der Waals surface area contributed by atoms with Gasteiger partial charge in [0.05, 0.1) is 6.61 Å². The quantitative estimate of drug-likeness (QED) is 0.706.